The summed E-state index contributed by atoms with van der Waals surface area (Å²) in [6.45, 7) is 1.64. The van der Waals surface area contributed by atoms with Crippen molar-refractivity contribution in [2.45, 2.75) is 11.8 Å². The SMILES string of the molecule is C/C(=N\NS(=O)(=O)c1ccc(Cl)cc1)c1cccc(O)c1. The minimum Gasteiger partial charge on any atom is -0.508 e. The number of hydrazone groups is 1. The van der Waals surface area contributed by atoms with E-state index in [1.165, 1.54) is 36.4 Å². The summed E-state index contributed by atoms with van der Waals surface area (Å²) in [5, 5.41) is 13.7. The molecule has 0 saturated heterocycles. The van der Waals surface area contributed by atoms with Gasteiger partial charge in [-0.05, 0) is 43.3 Å². The van der Waals surface area contributed by atoms with Crippen LogP contribution in [-0.4, -0.2) is 19.2 Å². The number of nitrogens with one attached hydrogen (secondary N) is 1. The van der Waals surface area contributed by atoms with Crippen LogP contribution in [0.4, 0.5) is 0 Å². The highest BCUT2D eigenvalue weighted by molar-refractivity contribution is 7.89. The smallest absolute Gasteiger partial charge is 0.276 e. The summed E-state index contributed by atoms with van der Waals surface area (Å²) in [4.78, 5) is 2.22. The Labute approximate surface area is 127 Å². The lowest BCUT2D eigenvalue weighted by molar-refractivity contribution is 0.475. The topological polar surface area (TPSA) is 78.8 Å². The minimum atomic E-state index is -3.75. The predicted octanol–water partition coefficient (Wildman–Crippen LogP) is 2.75. The molecule has 0 aliphatic rings. The van der Waals surface area contributed by atoms with Gasteiger partial charge in [0.1, 0.15) is 5.75 Å². The number of phenolic OH excluding ortho intramolecular Hbond substituents is 1. The number of halogens is 1. The van der Waals surface area contributed by atoms with Crippen LogP contribution < -0.4 is 4.83 Å². The third-order valence-corrected chi connectivity index (χ3v) is 4.20. The fourth-order valence-electron chi connectivity index (χ4n) is 1.59. The lowest BCUT2D eigenvalue weighted by Crippen LogP contribution is -2.19. The van der Waals surface area contributed by atoms with Gasteiger partial charge in [-0.2, -0.15) is 18.4 Å². The first-order valence-corrected chi connectivity index (χ1v) is 7.86. The highest BCUT2D eigenvalue weighted by Crippen LogP contribution is 2.14. The summed E-state index contributed by atoms with van der Waals surface area (Å²) in [5.41, 5.74) is 1.05. The lowest BCUT2D eigenvalue weighted by Gasteiger charge is -2.06. The van der Waals surface area contributed by atoms with Gasteiger partial charge in [-0.3, -0.25) is 0 Å². The highest BCUT2D eigenvalue weighted by atomic mass is 35.5. The molecule has 0 bridgehead atoms. The Morgan fingerprint density at radius 1 is 1.19 bits per heavy atom. The van der Waals surface area contributed by atoms with Crippen molar-refractivity contribution in [2.24, 2.45) is 5.10 Å². The fourth-order valence-corrected chi connectivity index (χ4v) is 2.57. The summed E-state index contributed by atoms with van der Waals surface area (Å²) in [5.74, 6) is 0.0857. The van der Waals surface area contributed by atoms with E-state index in [0.29, 0.717) is 16.3 Å². The van der Waals surface area contributed by atoms with Crippen LogP contribution >= 0.6 is 11.6 Å². The normalized spacial score (nSPS) is 12.2. The molecule has 2 aromatic carbocycles. The van der Waals surface area contributed by atoms with Crippen molar-refractivity contribution in [1.29, 1.82) is 0 Å². The minimum absolute atomic E-state index is 0.0689. The van der Waals surface area contributed by atoms with E-state index >= 15 is 0 Å². The van der Waals surface area contributed by atoms with E-state index in [2.05, 4.69) is 9.93 Å². The molecule has 0 saturated carbocycles. The van der Waals surface area contributed by atoms with Crippen LogP contribution in [0, 0.1) is 0 Å². The van der Waals surface area contributed by atoms with Crippen molar-refractivity contribution < 1.29 is 13.5 Å². The van der Waals surface area contributed by atoms with Crippen molar-refractivity contribution in [1.82, 2.24) is 4.83 Å². The first-order valence-electron chi connectivity index (χ1n) is 5.99. The molecule has 0 amide bonds. The third kappa shape index (κ3) is 3.96. The van der Waals surface area contributed by atoms with E-state index in [1.54, 1.807) is 19.1 Å². The van der Waals surface area contributed by atoms with E-state index in [4.69, 9.17) is 11.6 Å². The van der Waals surface area contributed by atoms with Crippen LogP contribution in [-0.2, 0) is 10.0 Å². The van der Waals surface area contributed by atoms with Gasteiger partial charge in [-0.15, -0.1) is 0 Å². The summed E-state index contributed by atoms with van der Waals surface area (Å²) >= 11 is 5.72. The Hall–Kier alpha value is -2.05. The first-order chi connectivity index (χ1) is 9.88. The van der Waals surface area contributed by atoms with Gasteiger partial charge in [0, 0.05) is 10.6 Å². The van der Waals surface area contributed by atoms with E-state index in [1.807, 2.05) is 0 Å². The second kappa shape index (κ2) is 6.15. The predicted molar refractivity (Wildman–Crippen MR) is 82.1 cm³/mol. The Kier molecular flexibility index (Phi) is 4.50. The van der Waals surface area contributed by atoms with Gasteiger partial charge in [0.25, 0.3) is 10.0 Å². The zero-order valence-electron chi connectivity index (χ0n) is 11.1. The number of sulfonamides is 1. The third-order valence-electron chi connectivity index (χ3n) is 2.72. The highest BCUT2D eigenvalue weighted by Gasteiger charge is 2.12. The summed E-state index contributed by atoms with van der Waals surface area (Å²) < 4.78 is 24.1. The number of aromatic hydroxyl groups is 1. The maximum Gasteiger partial charge on any atom is 0.276 e. The number of hydrogen-bond acceptors (Lipinski definition) is 4. The number of rotatable bonds is 4. The largest absolute Gasteiger partial charge is 0.508 e. The van der Waals surface area contributed by atoms with E-state index < -0.39 is 10.0 Å². The van der Waals surface area contributed by atoms with E-state index in [0.717, 1.165) is 0 Å². The molecular formula is C14H13ClN2O3S. The van der Waals surface area contributed by atoms with Gasteiger partial charge in [-0.1, -0.05) is 23.7 Å². The van der Waals surface area contributed by atoms with Gasteiger partial charge >= 0.3 is 0 Å². The van der Waals surface area contributed by atoms with Crippen molar-refractivity contribution in [2.75, 3.05) is 0 Å². The second-order valence-electron chi connectivity index (χ2n) is 4.30. The fraction of sp³-hybridized carbons (Fsp3) is 0.0714. The van der Waals surface area contributed by atoms with Gasteiger partial charge < -0.3 is 5.11 Å². The molecule has 2 N–H and O–H groups in total. The molecule has 2 rings (SSSR count). The quantitative estimate of drug-likeness (QED) is 0.670. The van der Waals surface area contributed by atoms with E-state index in [-0.39, 0.29) is 10.6 Å². The molecule has 21 heavy (non-hydrogen) atoms. The summed E-state index contributed by atoms with van der Waals surface area (Å²) in [7, 11) is -3.75. The number of hydrogen-bond donors (Lipinski definition) is 2. The standard InChI is InChI=1S/C14H13ClN2O3S/c1-10(11-3-2-4-13(18)9-11)16-17-21(19,20)14-7-5-12(15)6-8-14/h2-9,17-18H,1H3/b16-10+. The Morgan fingerprint density at radius 2 is 1.86 bits per heavy atom. The van der Waals surface area contributed by atoms with Crippen molar-refractivity contribution >= 4 is 27.3 Å². The monoisotopic (exact) mass is 324 g/mol. The van der Waals surface area contributed by atoms with E-state index in [9.17, 15) is 13.5 Å². The Morgan fingerprint density at radius 3 is 2.48 bits per heavy atom. The number of benzene rings is 2. The number of phenols is 1. The molecule has 0 heterocycles. The average molecular weight is 325 g/mol. The molecule has 0 atom stereocenters. The molecule has 2 aromatic rings. The molecule has 0 aliphatic heterocycles. The molecular weight excluding hydrogens is 312 g/mol. The van der Waals surface area contributed by atoms with Crippen molar-refractivity contribution in [3.05, 3.63) is 59.1 Å². The van der Waals surface area contributed by atoms with Crippen LogP contribution in [0.15, 0.2) is 58.5 Å². The van der Waals surface area contributed by atoms with Crippen LogP contribution in [0.3, 0.4) is 0 Å². The van der Waals surface area contributed by atoms with Gasteiger partial charge in [0.2, 0.25) is 0 Å². The molecule has 110 valence electrons. The lowest BCUT2D eigenvalue weighted by atomic mass is 10.1. The van der Waals surface area contributed by atoms with Crippen LogP contribution in [0.2, 0.25) is 5.02 Å². The van der Waals surface area contributed by atoms with Crippen molar-refractivity contribution in [3.63, 3.8) is 0 Å². The molecule has 7 heteroatoms. The molecule has 0 aliphatic carbocycles. The Bertz CT molecular complexity index is 771. The van der Waals surface area contributed by atoms with Gasteiger partial charge in [0.05, 0.1) is 10.6 Å². The van der Waals surface area contributed by atoms with Gasteiger partial charge in [-0.25, -0.2) is 0 Å². The zero-order chi connectivity index (χ0) is 15.5. The maximum absolute atomic E-state index is 12.0. The molecule has 5 nitrogen and oxygen atoms in total. The molecule has 0 spiro atoms. The van der Waals surface area contributed by atoms with Crippen molar-refractivity contribution in [3.8, 4) is 5.75 Å². The molecule has 0 aromatic heterocycles. The summed E-state index contributed by atoms with van der Waals surface area (Å²) in [6, 6.07) is 12.1. The molecule has 0 unspecified atom stereocenters. The first kappa shape index (κ1) is 15.3. The second-order valence-corrected chi connectivity index (χ2v) is 6.39. The van der Waals surface area contributed by atoms with Crippen LogP contribution in [0.1, 0.15) is 12.5 Å². The molecule has 0 fully saturated rings. The molecule has 0 radical (unpaired) electrons. The van der Waals surface area contributed by atoms with Crippen LogP contribution in [0.25, 0.3) is 0 Å². The maximum atomic E-state index is 12.0. The summed E-state index contributed by atoms with van der Waals surface area (Å²) in [6.07, 6.45) is 0. The average Bonchev–Trinajstić information content (AvgIpc) is 2.45. The Balaban J connectivity index is 2.21. The number of nitrogens with zero attached hydrogens (tertiary/aromatic N) is 1. The van der Waals surface area contributed by atoms with Gasteiger partial charge in [0.15, 0.2) is 0 Å². The zero-order valence-corrected chi connectivity index (χ0v) is 12.7. The van der Waals surface area contributed by atoms with Crippen LogP contribution in [0.5, 0.6) is 5.75 Å².